The van der Waals surface area contributed by atoms with Gasteiger partial charge in [0, 0.05) is 5.41 Å². The van der Waals surface area contributed by atoms with Gasteiger partial charge in [-0.25, -0.2) is 4.39 Å². The zero-order valence-electron chi connectivity index (χ0n) is 8.92. The van der Waals surface area contributed by atoms with Gasteiger partial charge < -0.3 is 4.79 Å². The molecule has 1 saturated carbocycles. The van der Waals surface area contributed by atoms with Crippen molar-refractivity contribution < 1.29 is 9.18 Å². The predicted molar refractivity (Wildman–Crippen MR) is 57.2 cm³/mol. The van der Waals surface area contributed by atoms with Crippen LogP contribution >= 0.6 is 0 Å². The van der Waals surface area contributed by atoms with Crippen LogP contribution in [0.1, 0.15) is 30.4 Å². The number of rotatable bonds is 3. The molecule has 2 heteroatoms. The van der Waals surface area contributed by atoms with Gasteiger partial charge in [-0.05, 0) is 49.4 Å². The summed E-state index contributed by atoms with van der Waals surface area (Å²) in [6.07, 6.45) is 4.95. The Balaban J connectivity index is 2.20. The molecule has 0 amide bonds. The first-order valence-electron chi connectivity index (χ1n) is 5.37. The summed E-state index contributed by atoms with van der Waals surface area (Å²) in [5.74, 6) is -0.204. The highest BCUT2D eigenvalue weighted by Crippen LogP contribution is 2.42. The largest absolute Gasteiger partial charge is 0.303 e. The second-order valence-corrected chi connectivity index (χ2v) is 4.58. The first-order valence-corrected chi connectivity index (χ1v) is 5.37. The summed E-state index contributed by atoms with van der Waals surface area (Å²) in [7, 11) is 0. The van der Waals surface area contributed by atoms with Gasteiger partial charge in [0.1, 0.15) is 12.1 Å². The van der Waals surface area contributed by atoms with Crippen LogP contribution in [0.5, 0.6) is 0 Å². The zero-order valence-corrected chi connectivity index (χ0v) is 8.92. The number of halogens is 1. The van der Waals surface area contributed by atoms with E-state index in [9.17, 15) is 9.18 Å². The van der Waals surface area contributed by atoms with Crippen molar-refractivity contribution in [2.75, 3.05) is 0 Å². The minimum atomic E-state index is -0.204. The maximum Gasteiger partial charge on any atom is 0.126 e. The first kappa shape index (κ1) is 10.3. The van der Waals surface area contributed by atoms with Crippen molar-refractivity contribution in [3.8, 4) is 0 Å². The van der Waals surface area contributed by atoms with Gasteiger partial charge in [0.25, 0.3) is 0 Å². The van der Waals surface area contributed by atoms with E-state index < -0.39 is 0 Å². The summed E-state index contributed by atoms with van der Waals surface area (Å²) in [5.41, 5.74) is 1.90. The fourth-order valence-corrected chi connectivity index (χ4v) is 2.20. The number of carbonyl (C=O) groups is 1. The molecule has 1 fully saturated rings. The minimum Gasteiger partial charge on any atom is -0.303 e. The Bertz CT molecular complexity index is 380. The standard InChI is InChI=1S/C13H15FO/c1-10-7-12(14)4-3-11(10)8-13(9-15)5-2-6-13/h3-4,7,9H,2,5-6,8H2,1H3. The summed E-state index contributed by atoms with van der Waals surface area (Å²) in [5, 5.41) is 0. The number of benzene rings is 1. The molecule has 0 bridgehead atoms. The summed E-state index contributed by atoms with van der Waals surface area (Å²) in [4.78, 5) is 11.0. The number of aldehydes is 1. The maximum atomic E-state index is 12.9. The lowest BCUT2D eigenvalue weighted by Crippen LogP contribution is -2.33. The molecule has 0 saturated heterocycles. The fraction of sp³-hybridized carbons (Fsp3) is 0.462. The van der Waals surface area contributed by atoms with Crippen LogP contribution in [0.15, 0.2) is 18.2 Å². The molecule has 0 aliphatic heterocycles. The minimum absolute atomic E-state index is 0.150. The van der Waals surface area contributed by atoms with Crippen molar-refractivity contribution in [2.24, 2.45) is 5.41 Å². The van der Waals surface area contributed by atoms with Crippen LogP contribution in [0.4, 0.5) is 4.39 Å². The lowest BCUT2D eigenvalue weighted by molar-refractivity contribution is -0.120. The summed E-state index contributed by atoms with van der Waals surface area (Å²) in [6, 6.07) is 4.81. The average Bonchev–Trinajstić information content (AvgIpc) is 2.14. The molecule has 80 valence electrons. The molecule has 0 N–H and O–H groups in total. The summed E-state index contributed by atoms with van der Waals surface area (Å²) >= 11 is 0. The molecule has 1 aromatic carbocycles. The molecule has 1 aliphatic rings. The van der Waals surface area contributed by atoms with Crippen LogP contribution < -0.4 is 0 Å². The van der Waals surface area contributed by atoms with Crippen molar-refractivity contribution in [2.45, 2.75) is 32.6 Å². The molecular formula is C13H15FO. The van der Waals surface area contributed by atoms with Crippen LogP contribution in [0.2, 0.25) is 0 Å². The molecule has 0 atom stereocenters. The van der Waals surface area contributed by atoms with E-state index in [0.717, 1.165) is 43.1 Å². The lowest BCUT2D eigenvalue weighted by Gasteiger charge is -2.37. The maximum absolute atomic E-state index is 12.9. The van der Waals surface area contributed by atoms with Crippen molar-refractivity contribution in [1.29, 1.82) is 0 Å². The smallest absolute Gasteiger partial charge is 0.126 e. The topological polar surface area (TPSA) is 17.1 Å². The Labute approximate surface area is 89.3 Å². The fourth-order valence-electron chi connectivity index (χ4n) is 2.20. The van der Waals surface area contributed by atoms with Crippen molar-refractivity contribution in [3.63, 3.8) is 0 Å². The van der Waals surface area contributed by atoms with E-state index in [-0.39, 0.29) is 11.2 Å². The number of hydrogen-bond acceptors (Lipinski definition) is 1. The van der Waals surface area contributed by atoms with E-state index in [2.05, 4.69) is 0 Å². The quantitative estimate of drug-likeness (QED) is 0.695. The van der Waals surface area contributed by atoms with E-state index in [1.807, 2.05) is 6.92 Å². The highest BCUT2D eigenvalue weighted by molar-refractivity contribution is 5.62. The third-order valence-corrected chi connectivity index (χ3v) is 3.45. The molecular weight excluding hydrogens is 191 g/mol. The van der Waals surface area contributed by atoms with Gasteiger partial charge in [0.15, 0.2) is 0 Å². The molecule has 15 heavy (non-hydrogen) atoms. The van der Waals surface area contributed by atoms with Crippen LogP contribution in [-0.4, -0.2) is 6.29 Å². The molecule has 1 aliphatic carbocycles. The van der Waals surface area contributed by atoms with Gasteiger partial charge in [-0.2, -0.15) is 0 Å². The highest BCUT2D eigenvalue weighted by atomic mass is 19.1. The Morgan fingerprint density at radius 1 is 1.47 bits per heavy atom. The van der Waals surface area contributed by atoms with Crippen molar-refractivity contribution >= 4 is 6.29 Å². The molecule has 0 heterocycles. The van der Waals surface area contributed by atoms with E-state index in [1.54, 1.807) is 6.07 Å². The summed E-state index contributed by atoms with van der Waals surface area (Å²) in [6.45, 7) is 1.90. The molecule has 0 unspecified atom stereocenters. The summed E-state index contributed by atoms with van der Waals surface area (Å²) < 4.78 is 12.9. The Morgan fingerprint density at radius 2 is 2.20 bits per heavy atom. The average molecular weight is 206 g/mol. The Hall–Kier alpha value is -1.18. The highest BCUT2D eigenvalue weighted by Gasteiger charge is 2.36. The van der Waals surface area contributed by atoms with Crippen LogP contribution in [0, 0.1) is 18.2 Å². The third-order valence-electron chi connectivity index (χ3n) is 3.45. The molecule has 0 radical (unpaired) electrons. The van der Waals surface area contributed by atoms with Crippen molar-refractivity contribution in [3.05, 3.63) is 35.1 Å². The van der Waals surface area contributed by atoms with Crippen LogP contribution in [0.3, 0.4) is 0 Å². The molecule has 0 spiro atoms. The second kappa shape index (κ2) is 3.76. The molecule has 1 nitrogen and oxygen atoms in total. The van der Waals surface area contributed by atoms with E-state index >= 15 is 0 Å². The lowest BCUT2D eigenvalue weighted by atomic mass is 9.66. The molecule has 2 rings (SSSR count). The molecule has 1 aromatic rings. The molecule has 0 aromatic heterocycles. The monoisotopic (exact) mass is 206 g/mol. The predicted octanol–water partition coefficient (Wildman–Crippen LogP) is 3.05. The van der Waals surface area contributed by atoms with E-state index in [0.29, 0.717) is 0 Å². The van der Waals surface area contributed by atoms with Gasteiger partial charge in [-0.1, -0.05) is 12.5 Å². The van der Waals surface area contributed by atoms with Gasteiger partial charge >= 0.3 is 0 Å². The van der Waals surface area contributed by atoms with Crippen LogP contribution in [0.25, 0.3) is 0 Å². The van der Waals surface area contributed by atoms with E-state index in [1.165, 1.54) is 12.1 Å². The normalized spacial score (nSPS) is 18.3. The number of hydrogen-bond donors (Lipinski definition) is 0. The van der Waals surface area contributed by atoms with E-state index in [4.69, 9.17) is 0 Å². The van der Waals surface area contributed by atoms with Gasteiger partial charge in [-0.15, -0.1) is 0 Å². The van der Waals surface area contributed by atoms with Gasteiger partial charge in [0.05, 0.1) is 0 Å². The number of carbonyl (C=O) groups excluding carboxylic acids is 1. The Kier molecular flexibility index (Phi) is 2.59. The first-order chi connectivity index (χ1) is 7.15. The number of aryl methyl sites for hydroxylation is 1. The second-order valence-electron chi connectivity index (χ2n) is 4.58. The Morgan fingerprint density at radius 3 is 2.67 bits per heavy atom. The SMILES string of the molecule is Cc1cc(F)ccc1CC1(C=O)CCC1. The van der Waals surface area contributed by atoms with Crippen LogP contribution in [-0.2, 0) is 11.2 Å². The van der Waals surface area contributed by atoms with Crippen molar-refractivity contribution in [1.82, 2.24) is 0 Å². The zero-order chi connectivity index (χ0) is 10.9. The van der Waals surface area contributed by atoms with Gasteiger partial charge in [0.2, 0.25) is 0 Å². The third kappa shape index (κ3) is 1.94. The van der Waals surface area contributed by atoms with Gasteiger partial charge in [-0.3, -0.25) is 0 Å².